The minimum absolute atomic E-state index is 0.0370. The van der Waals surface area contributed by atoms with Crippen molar-refractivity contribution in [1.82, 2.24) is 10.6 Å². The number of carbonyl (C=O) groups excluding carboxylic acids is 2. The molecule has 1 amide bonds. The van der Waals surface area contributed by atoms with Gasteiger partial charge in [-0.3, -0.25) is 13.9 Å². The minimum atomic E-state index is -1.56. The number of ether oxygens (including phenoxy) is 1. The molecule has 45 heavy (non-hydrogen) atoms. The van der Waals surface area contributed by atoms with Gasteiger partial charge in [0, 0.05) is 36.5 Å². The Kier molecular flexibility index (Phi) is 11.5. The molecule has 0 bridgehead atoms. The molecule has 0 aliphatic heterocycles. The van der Waals surface area contributed by atoms with Crippen molar-refractivity contribution in [3.63, 3.8) is 0 Å². The number of methoxy groups -OCH3 is 1. The lowest BCUT2D eigenvalue weighted by atomic mass is 9.99. The van der Waals surface area contributed by atoms with Gasteiger partial charge >= 0.3 is 0 Å². The van der Waals surface area contributed by atoms with Crippen LogP contribution >= 0.6 is 0 Å². The Morgan fingerprint density at radius 3 is 2.22 bits per heavy atom. The summed E-state index contributed by atoms with van der Waals surface area (Å²) < 4.78 is 47.6. The first kappa shape index (κ1) is 33.4. The maximum absolute atomic E-state index is 14.0. The molecule has 4 aromatic carbocycles. The third-order valence-electron chi connectivity index (χ3n) is 7.04. The molecular formula is C34H35F2N3O5S. The van der Waals surface area contributed by atoms with Crippen molar-refractivity contribution >= 4 is 34.1 Å². The van der Waals surface area contributed by atoms with Gasteiger partial charge in [-0.2, -0.15) is 0 Å². The Labute approximate surface area is 263 Å². The zero-order chi connectivity index (χ0) is 32.5. The van der Waals surface area contributed by atoms with Crippen LogP contribution < -0.4 is 19.7 Å². The van der Waals surface area contributed by atoms with Gasteiger partial charge < -0.3 is 20.5 Å². The number of hydrogen-bond acceptors (Lipinski definition) is 6. The van der Waals surface area contributed by atoms with Gasteiger partial charge in [-0.05, 0) is 79.1 Å². The zero-order valence-electron chi connectivity index (χ0n) is 25.1. The van der Waals surface area contributed by atoms with E-state index in [0.717, 1.165) is 23.8 Å². The molecule has 3 N–H and O–H groups in total. The minimum Gasteiger partial charge on any atom is -0.497 e. The third kappa shape index (κ3) is 9.27. The molecule has 4 rings (SSSR count). The number of anilines is 2. The number of para-hydroxylation sites is 1. The number of aliphatic hydroxyl groups is 1. The number of nitrogens with zero attached hydrogens (tertiary/aromatic N) is 1. The van der Waals surface area contributed by atoms with Crippen LogP contribution in [0.5, 0.6) is 5.75 Å². The molecule has 0 aliphatic rings. The smallest absolute Gasteiger partial charge is 0.251 e. The van der Waals surface area contributed by atoms with Crippen molar-refractivity contribution in [2.24, 2.45) is 0 Å². The first-order valence-corrected chi connectivity index (χ1v) is 15.7. The standard InChI is InChI=1S/C34H35F2N3O5S/c1-22(40)25-16-26(18-30(17-25)39(45(3)43)29-9-5-4-6-10-29)34(42)38-32(15-24-12-27(35)19-28(36)13-24)33(41)21-37-20-23-8-7-11-31(14-23)44-2/h4-14,16-19,32-33,37,41H,15,20-21H2,1-3H3,(H,38,42)/t32-,33+,45?/m0/s1. The third-order valence-corrected chi connectivity index (χ3v) is 7.98. The number of aliphatic hydroxyl groups excluding tert-OH is 1. The van der Waals surface area contributed by atoms with Gasteiger partial charge in [-0.15, -0.1) is 0 Å². The monoisotopic (exact) mass is 635 g/mol. The maximum atomic E-state index is 14.0. The van der Waals surface area contributed by atoms with Crippen LogP contribution in [0.15, 0.2) is 91.0 Å². The van der Waals surface area contributed by atoms with E-state index in [-0.39, 0.29) is 35.4 Å². The van der Waals surface area contributed by atoms with E-state index in [1.807, 2.05) is 30.3 Å². The van der Waals surface area contributed by atoms with Crippen LogP contribution in [0, 0.1) is 11.6 Å². The molecule has 0 aliphatic carbocycles. The van der Waals surface area contributed by atoms with Crippen molar-refractivity contribution in [2.75, 3.05) is 24.2 Å². The Balaban J connectivity index is 1.61. The van der Waals surface area contributed by atoms with E-state index in [0.29, 0.717) is 23.7 Å². The lowest BCUT2D eigenvalue weighted by molar-refractivity contribution is 0.0830. The fourth-order valence-corrected chi connectivity index (χ4v) is 5.70. The van der Waals surface area contributed by atoms with Gasteiger partial charge in [0.05, 0.1) is 30.6 Å². The number of Topliss-reactive ketones (excluding diaryl/α,β-unsaturated/α-hetero) is 1. The van der Waals surface area contributed by atoms with Crippen molar-refractivity contribution < 1.29 is 32.4 Å². The number of halogens is 2. The first-order valence-electron chi connectivity index (χ1n) is 14.2. The van der Waals surface area contributed by atoms with Gasteiger partial charge in [-0.25, -0.2) is 13.0 Å². The number of nitrogens with one attached hydrogen (secondary N) is 2. The molecule has 11 heteroatoms. The van der Waals surface area contributed by atoms with Crippen LogP contribution in [0.2, 0.25) is 0 Å². The first-order chi connectivity index (χ1) is 21.5. The van der Waals surface area contributed by atoms with Crippen LogP contribution in [0.1, 0.15) is 38.8 Å². The second-order valence-electron chi connectivity index (χ2n) is 10.5. The molecule has 0 fully saturated rings. The van der Waals surface area contributed by atoms with Gasteiger partial charge in [0.25, 0.3) is 5.91 Å². The van der Waals surface area contributed by atoms with E-state index in [1.165, 1.54) is 29.6 Å². The van der Waals surface area contributed by atoms with Crippen LogP contribution in [-0.2, 0) is 24.0 Å². The van der Waals surface area contributed by atoms with Crippen LogP contribution in [-0.4, -0.2) is 53.1 Å². The second kappa shape index (κ2) is 15.5. The topological polar surface area (TPSA) is 108 Å². The highest BCUT2D eigenvalue weighted by atomic mass is 32.2. The lowest BCUT2D eigenvalue weighted by Crippen LogP contribution is -2.48. The second-order valence-corrected chi connectivity index (χ2v) is 11.7. The summed E-state index contributed by atoms with van der Waals surface area (Å²) in [5.74, 6) is -1.84. The fraction of sp³-hybridized carbons (Fsp3) is 0.235. The van der Waals surface area contributed by atoms with Crippen molar-refractivity contribution in [1.29, 1.82) is 0 Å². The highest BCUT2D eigenvalue weighted by molar-refractivity contribution is 7.86. The van der Waals surface area contributed by atoms with Gasteiger partial charge in [0.2, 0.25) is 0 Å². The van der Waals surface area contributed by atoms with E-state index in [1.54, 1.807) is 37.4 Å². The Morgan fingerprint density at radius 1 is 0.889 bits per heavy atom. The predicted octanol–water partition coefficient (Wildman–Crippen LogP) is 5.10. The summed E-state index contributed by atoms with van der Waals surface area (Å²) in [6, 6.07) is 22.8. The van der Waals surface area contributed by atoms with Crippen LogP contribution in [0.3, 0.4) is 0 Å². The summed E-state index contributed by atoms with van der Waals surface area (Å²) >= 11 is 0. The SMILES string of the molecule is COc1cccc(CNC[C@@H](O)[C@H](Cc2cc(F)cc(F)c2)NC(=O)c2cc(C(C)=O)cc(N(c3ccccc3)S(C)=O)c2)c1. The highest BCUT2D eigenvalue weighted by Crippen LogP contribution is 2.29. The summed E-state index contributed by atoms with van der Waals surface area (Å²) in [5, 5.41) is 17.1. The molecule has 0 saturated heterocycles. The summed E-state index contributed by atoms with van der Waals surface area (Å²) in [7, 11) is 0.00795. The molecule has 0 aromatic heterocycles. The normalized spacial score (nSPS) is 13.0. The maximum Gasteiger partial charge on any atom is 0.251 e. The zero-order valence-corrected chi connectivity index (χ0v) is 25.9. The Morgan fingerprint density at radius 2 is 1.58 bits per heavy atom. The van der Waals surface area contributed by atoms with E-state index in [2.05, 4.69) is 10.6 Å². The number of hydrogen-bond donors (Lipinski definition) is 3. The Bertz CT molecular complexity index is 1650. The Hall–Kier alpha value is -4.45. The number of amides is 1. The van der Waals surface area contributed by atoms with Crippen LogP contribution in [0.4, 0.5) is 20.2 Å². The molecule has 1 unspecified atom stereocenters. The molecule has 0 spiro atoms. The number of ketones is 1. The molecular weight excluding hydrogens is 600 g/mol. The van der Waals surface area contributed by atoms with E-state index < -0.39 is 40.7 Å². The van der Waals surface area contributed by atoms with Crippen molar-refractivity contribution in [3.8, 4) is 5.75 Å². The summed E-state index contributed by atoms with van der Waals surface area (Å²) in [4.78, 5) is 26.2. The van der Waals surface area contributed by atoms with Crippen molar-refractivity contribution in [3.05, 3.63) is 125 Å². The summed E-state index contributed by atoms with van der Waals surface area (Å²) in [6.07, 6.45) is 0.220. The quantitative estimate of drug-likeness (QED) is 0.167. The van der Waals surface area contributed by atoms with Crippen LogP contribution in [0.25, 0.3) is 0 Å². The number of carbonyl (C=O) groups is 2. The predicted molar refractivity (Wildman–Crippen MR) is 171 cm³/mol. The molecule has 0 heterocycles. The fourth-order valence-electron chi connectivity index (χ4n) is 4.88. The summed E-state index contributed by atoms with van der Waals surface area (Å²) in [6.45, 7) is 1.78. The summed E-state index contributed by atoms with van der Waals surface area (Å²) in [5.41, 5.74) is 2.38. The molecule has 4 aromatic rings. The van der Waals surface area contributed by atoms with Gasteiger partial charge in [0.1, 0.15) is 28.4 Å². The number of benzene rings is 4. The largest absolute Gasteiger partial charge is 0.497 e. The van der Waals surface area contributed by atoms with Gasteiger partial charge in [0.15, 0.2) is 5.78 Å². The van der Waals surface area contributed by atoms with Crippen molar-refractivity contribution in [2.45, 2.75) is 32.0 Å². The molecule has 236 valence electrons. The lowest BCUT2D eigenvalue weighted by Gasteiger charge is -2.26. The van der Waals surface area contributed by atoms with E-state index in [4.69, 9.17) is 4.74 Å². The van der Waals surface area contributed by atoms with Gasteiger partial charge in [-0.1, -0.05) is 30.3 Å². The van der Waals surface area contributed by atoms with E-state index in [9.17, 15) is 27.7 Å². The molecule has 0 radical (unpaired) electrons. The average Bonchev–Trinajstić information content (AvgIpc) is 3.00. The number of rotatable bonds is 14. The highest BCUT2D eigenvalue weighted by Gasteiger charge is 2.25. The molecule has 0 saturated carbocycles. The average molecular weight is 636 g/mol. The molecule has 8 nitrogen and oxygen atoms in total. The van der Waals surface area contributed by atoms with E-state index >= 15 is 0 Å². The molecule has 3 atom stereocenters.